The Morgan fingerprint density at radius 1 is 1.10 bits per heavy atom. The van der Waals surface area contributed by atoms with Gasteiger partial charge in [0.1, 0.15) is 0 Å². The molecule has 3 heteroatoms. The molecule has 0 unspecified atom stereocenters. The predicted octanol–water partition coefficient (Wildman–Crippen LogP) is 5.42. The van der Waals surface area contributed by atoms with Gasteiger partial charge in [0, 0.05) is 20.1 Å². The van der Waals surface area contributed by atoms with Gasteiger partial charge >= 0.3 is 0 Å². The maximum atomic E-state index is 6.34. The Bertz CT molecular complexity index is 469. The van der Waals surface area contributed by atoms with Crippen LogP contribution in [0.3, 0.4) is 0 Å². The lowest BCUT2D eigenvalue weighted by atomic mass is 9.71. The highest BCUT2D eigenvalue weighted by atomic mass is 35.5. The summed E-state index contributed by atoms with van der Waals surface area (Å²) in [6.07, 6.45) is 5.14. The van der Waals surface area contributed by atoms with Crippen LogP contribution in [0, 0.1) is 11.3 Å². The Labute approximate surface area is 134 Å². The topological polar surface area (TPSA) is 15.3 Å². The average molecular weight is 309 g/mol. The molecule has 0 spiro atoms. The first kappa shape index (κ1) is 16.5. The molecule has 0 heterocycles. The summed E-state index contributed by atoms with van der Waals surface area (Å²) in [7, 11) is 4.09. The lowest BCUT2D eigenvalue weighted by Crippen LogP contribution is -2.32. The summed E-state index contributed by atoms with van der Waals surface area (Å²) in [6.45, 7) is 7.10. The van der Waals surface area contributed by atoms with Crippen LogP contribution in [0.15, 0.2) is 18.2 Å². The number of rotatable bonds is 3. The van der Waals surface area contributed by atoms with Gasteiger partial charge in [0.2, 0.25) is 0 Å². The third-order valence-corrected chi connectivity index (χ3v) is 5.05. The van der Waals surface area contributed by atoms with Crippen molar-refractivity contribution in [1.82, 2.24) is 0 Å². The molecule has 0 saturated heterocycles. The van der Waals surface area contributed by atoms with Gasteiger partial charge in [-0.05, 0) is 49.1 Å². The SMILES string of the molecule is CN(C)c1c(Cl)cccc1NC1CCC(C(C)(C)C)CC1. The fourth-order valence-corrected chi connectivity index (χ4v) is 3.75. The quantitative estimate of drug-likeness (QED) is 0.801. The van der Waals surface area contributed by atoms with E-state index in [9.17, 15) is 0 Å². The van der Waals surface area contributed by atoms with E-state index in [1.54, 1.807) is 0 Å². The first-order valence-electron chi connectivity index (χ1n) is 8.01. The molecule has 21 heavy (non-hydrogen) atoms. The number of hydrogen-bond acceptors (Lipinski definition) is 2. The van der Waals surface area contributed by atoms with Crippen molar-refractivity contribution in [1.29, 1.82) is 0 Å². The number of anilines is 2. The zero-order valence-corrected chi connectivity index (χ0v) is 14.8. The van der Waals surface area contributed by atoms with Gasteiger partial charge in [0.05, 0.1) is 16.4 Å². The highest BCUT2D eigenvalue weighted by Crippen LogP contribution is 2.40. The maximum Gasteiger partial charge on any atom is 0.0786 e. The lowest BCUT2D eigenvalue weighted by Gasteiger charge is -2.37. The van der Waals surface area contributed by atoms with Gasteiger partial charge in [0.15, 0.2) is 0 Å². The Morgan fingerprint density at radius 2 is 1.71 bits per heavy atom. The molecule has 1 aliphatic rings. The molecular formula is C18H29ClN2. The van der Waals surface area contributed by atoms with Gasteiger partial charge in [-0.15, -0.1) is 0 Å². The number of nitrogens with one attached hydrogen (secondary N) is 1. The maximum absolute atomic E-state index is 6.34. The van der Waals surface area contributed by atoms with Crippen molar-refractivity contribution in [3.8, 4) is 0 Å². The second kappa shape index (κ2) is 6.48. The number of para-hydroxylation sites is 1. The second-order valence-electron chi connectivity index (χ2n) is 7.59. The van der Waals surface area contributed by atoms with Gasteiger partial charge in [0.25, 0.3) is 0 Å². The Kier molecular flexibility index (Phi) is 5.08. The van der Waals surface area contributed by atoms with Crippen molar-refractivity contribution >= 4 is 23.0 Å². The highest BCUT2D eigenvalue weighted by Gasteiger charge is 2.29. The fraction of sp³-hybridized carbons (Fsp3) is 0.667. The van der Waals surface area contributed by atoms with Gasteiger partial charge in [-0.3, -0.25) is 0 Å². The van der Waals surface area contributed by atoms with Crippen LogP contribution in [0.5, 0.6) is 0 Å². The van der Waals surface area contributed by atoms with Crippen molar-refractivity contribution in [3.05, 3.63) is 23.2 Å². The lowest BCUT2D eigenvalue weighted by molar-refractivity contribution is 0.173. The summed E-state index contributed by atoms with van der Waals surface area (Å²) in [5.74, 6) is 0.850. The first-order chi connectivity index (χ1) is 9.79. The smallest absolute Gasteiger partial charge is 0.0786 e. The molecule has 0 bridgehead atoms. The Hall–Kier alpha value is -0.890. The van der Waals surface area contributed by atoms with Gasteiger partial charge in [-0.25, -0.2) is 0 Å². The predicted molar refractivity (Wildman–Crippen MR) is 94.6 cm³/mol. The monoisotopic (exact) mass is 308 g/mol. The summed E-state index contributed by atoms with van der Waals surface area (Å²) in [5.41, 5.74) is 2.69. The molecule has 0 radical (unpaired) electrons. The first-order valence-corrected chi connectivity index (χ1v) is 8.39. The van der Waals surface area contributed by atoms with Crippen LogP contribution in [0.25, 0.3) is 0 Å². The molecule has 1 aromatic carbocycles. The Morgan fingerprint density at radius 3 is 2.24 bits per heavy atom. The van der Waals surface area contributed by atoms with Gasteiger partial charge in [-0.2, -0.15) is 0 Å². The third-order valence-electron chi connectivity index (χ3n) is 4.75. The fourth-order valence-electron chi connectivity index (χ4n) is 3.41. The van der Waals surface area contributed by atoms with Gasteiger partial charge in [-0.1, -0.05) is 38.4 Å². The van der Waals surface area contributed by atoms with Gasteiger partial charge < -0.3 is 10.2 Å². The summed E-state index contributed by atoms with van der Waals surface area (Å²) in [5, 5.41) is 4.53. The van der Waals surface area contributed by atoms with E-state index >= 15 is 0 Å². The molecule has 118 valence electrons. The van der Waals surface area contributed by atoms with Crippen LogP contribution >= 0.6 is 11.6 Å². The molecule has 2 rings (SSSR count). The van der Waals surface area contributed by atoms with Crippen molar-refractivity contribution < 1.29 is 0 Å². The van der Waals surface area contributed by atoms with Crippen molar-refractivity contribution in [3.63, 3.8) is 0 Å². The second-order valence-corrected chi connectivity index (χ2v) is 8.00. The van der Waals surface area contributed by atoms with Crippen molar-refractivity contribution in [2.75, 3.05) is 24.3 Å². The van der Waals surface area contributed by atoms with E-state index in [0.717, 1.165) is 22.3 Å². The van der Waals surface area contributed by atoms with Crippen LogP contribution in [0.4, 0.5) is 11.4 Å². The number of nitrogens with zero attached hydrogens (tertiary/aromatic N) is 1. The highest BCUT2D eigenvalue weighted by molar-refractivity contribution is 6.34. The zero-order chi connectivity index (χ0) is 15.6. The molecule has 1 aliphatic carbocycles. The summed E-state index contributed by atoms with van der Waals surface area (Å²) < 4.78 is 0. The molecule has 1 saturated carbocycles. The van der Waals surface area contributed by atoms with E-state index in [0.29, 0.717) is 11.5 Å². The summed E-state index contributed by atoms with van der Waals surface area (Å²) in [4.78, 5) is 2.09. The van der Waals surface area contributed by atoms with Crippen LogP contribution < -0.4 is 10.2 Å². The number of halogens is 1. The minimum absolute atomic E-state index is 0.440. The third kappa shape index (κ3) is 4.06. The molecule has 1 N–H and O–H groups in total. The molecule has 0 aliphatic heterocycles. The standard InChI is InChI=1S/C18H29ClN2/c1-18(2,3)13-9-11-14(12-10-13)20-16-8-6-7-15(19)17(16)21(4)5/h6-8,13-14,20H,9-12H2,1-5H3. The van der Waals surface area contributed by atoms with E-state index in [2.05, 4.69) is 37.1 Å². The van der Waals surface area contributed by atoms with Crippen LogP contribution in [0.1, 0.15) is 46.5 Å². The van der Waals surface area contributed by atoms with Crippen molar-refractivity contribution in [2.45, 2.75) is 52.5 Å². The molecule has 1 fully saturated rings. The molecule has 0 aromatic heterocycles. The van der Waals surface area contributed by atoms with Crippen LogP contribution in [-0.2, 0) is 0 Å². The van der Waals surface area contributed by atoms with Crippen molar-refractivity contribution in [2.24, 2.45) is 11.3 Å². The summed E-state index contributed by atoms with van der Waals surface area (Å²) in [6, 6.07) is 6.69. The van der Waals surface area contributed by atoms with E-state index in [1.165, 1.54) is 25.7 Å². The largest absolute Gasteiger partial charge is 0.381 e. The molecule has 0 amide bonds. The average Bonchev–Trinajstić information content (AvgIpc) is 2.38. The van der Waals surface area contributed by atoms with Crippen LogP contribution in [0.2, 0.25) is 5.02 Å². The van der Waals surface area contributed by atoms with E-state index in [-0.39, 0.29) is 0 Å². The van der Waals surface area contributed by atoms with E-state index in [1.807, 2.05) is 26.2 Å². The Balaban J connectivity index is 2.03. The molecule has 2 nitrogen and oxygen atoms in total. The number of benzene rings is 1. The normalized spacial score (nSPS) is 23.0. The minimum atomic E-state index is 0.440. The minimum Gasteiger partial charge on any atom is -0.381 e. The molecule has 1 aromatic rings. The number of hydrogen-bond donors (Lipinski definition) is 1. The molecular weight excluding hydrogens is 280 g/mol. The van der Waals surface area contributed by atoms with E-state index in [4.69, 9.17) is 11.6 Å². The summed E-state index contributed by atoms with van der Waals surface area (Å²) >= 11 is 6.34. The van der Waals surface area contributed by atoms with E-state index < -0.39 is 0 Å². The van der Waals surface area contributed by atoms with Crippen LogP contribution in [-0.4, -0.2) is 20.1 Å². The molecule has 0 atom stereocenters. The zero-order valence-electron chi connectivity index (χ0n) is 14.0.